The molecule has 0 aliphatic heterocycles. The summed E-state index contributed by atoms with van der Waals surface area (Å²) < 4.78 is 10.9. The smallest absolute Gasteiger partial charge is 0.122 e. The first-order valence-electron chi connectivity index (χ1n) is 7.16. The topological polar surface area (TPSA) is 44.5 Å². The van der Waals surface area contributed by atoms with Gasteiger partial charge in [0.15, 0.2) is 0 Å². The fourth-order valence-electron chi connectivity index (χ4n) is 2.66. The van der Waals surface area contributed by atoms with Crippen LogP contribution in [0.15, 0.2) is 42.5 Å². The lowest BCUT2D eigenvalue weighted by atomic mass is 9.90. The lowest BCUT2D eigenvalue weighted by molar-refractivity contribution is 0.400. The largest absolute Gasteiger partial charge is 0.496 e. The van der Waals surface area contributed by atoms with E-state index in [2.05, 4.69) is 25.1 Å². The number of aryl methyl sites for hydroxylation is 1. The molecule has 21 heavy (non-hydrogen) atoms. The predicted molar refractivity (Wildman–Crippen MR) is 86.2 cm³/mol. The molecule has 0 saturated carbocycles. The number of hydrogen-bond donors (Lipinski definition) is 1. The molecule has 0 bridgehead atoms. The molecule has 0 aromatic heterocycles. The van der Waals surface area contributed by atoms with Gasteiger partial charge in [-0.1, -0.05) is 35.9 Å². The standard InChI is InChI=1S/C18H23NO2/c1-13-8-9-17(20-2)14(10-13)11-15(12-19)16-6-4-5-7-18(16)21-3/h4-10,15H,11-12,19H2,1-3H3. The Kier molecular flexibility index (Phi) is 5.23. The van der Waals surface area contributed by atoms with E-state index in [1.807, 2.05) is 24.3 Å². The van der Waals surface area contributed by atoms with Crippen LogP contribution in [0.25, 0.3) is 0 Å². The molecule has 0 spiro atoms. The molecule has 2 aromatic rings. The molecule has 2 rings (SSSR count). The summed E-state index contributed by atoms with van der Waals surface area (Å²) in [6.45, 7) is 2.65. The first-order valence-corrected chi connectivity index (χ1v) is 7.16. The zero-order valence-electron chi connectivity index (χ0n) is 12.9. The molecule has 3 nitrogen and oxygen atoms in total. The van der Waals surface area contributed by atoms with E-state index in [1.54, 1.807) is 14.2 Å². The average Bonchev–Trinajstić information content (AvgIpc) is 2.52. The average molecular weight is 285 g/mol. The molecule has 112 valence electrons. The minimum atomic E-state index is 0.205. The van der Waals surface area contributed by atoms with E-state index in [1.165, 1.54) is 11.1 Å². The summed E-state index contributed by atoms with van der Waals surface area (Å²) in [6, 6.07) is 14.3. The molecule has 0 fully saturated rings. The highest BCUT2D eigenvalue weighted by molar-refractivity contribution is 5.41. The number of para-hydroxylation sites is 1. The van der Waals surface area contributed by atoms with Crippen molar-refractivity contribution in [1.82, 2.24) is 0 Å². The van der Waals surface area contributed by atoms with Gasteiger partial charge in [0.05, 0.1) is 14.2 Å². The first kappa shape index (κ1) is 15.4. The van der Waals surface area contributed by atoms with Crippen molar-refractivity contribution in [1.29, 1.82) is 0 Å². The van der Waals surface area contributed by atoms with Crippen molar-refractivity contribution in [2.75, 3.05) is 20.8 Å². The van der Waals surface area contributed by atoms with E-state index < -0.39 is 0 Å². The molecule has 3 heteroatoms. The third-order valence-electron chi connectivity index (χ3n) is 3.77. The van der Waals surface area contributed by atoms with Crippen LogP contribution in [0.1, 0.15) is 22.6 Å². The summed E-state index contributed by atoms with van der Waals surface area (Å²) in [4.78, 5) is 0. The van der Waals surface area contributed by atoms with Crippen molar-refractivity contribution in [3.8, 4) is 11.5 Å². The molecule has 0 aliphatic rings. The van der Waals surface area contributed by atoms with Crippen LogP contribution < -0.4 is 15.2 Å². The monoisotopic (exact) mass is 285 g/mol. The maximum atomic E-state index is 6.01. The van der Waals surface area contributed by atoms with Gasteiger partial charge in [-0.15, -0.1) is 0 Å². The first-order chi connectivity index (χ1) is 10.2. The molecule has 0 aliphatic carbocycles. The fourth-order valence-corrected chi connectivity index (χ4v) is 2.66. The third-order valence-corrected chi connectivity index (χ3v) is 3.77. The summed E-state index contributed by atoms with van der Waals surface area (Å²) in [7, 11) is 3.40. The number of methoxy groups -OCH3 is 2. The summed E-state index contributed by atoms with van der Waals surface area (Å²) in [5.41, 5.74) is 9.56. The Labute approximate surface area is 126 Å². The lowest BCUT2D eigenvalue weighted by Crippen LogP contribution is -2.16. The highest BCUT2D eigenvalue weighted by atomic mass is 16.5. The van der Waals surface area contributed by atoms with Gasteiger partial charge in [0.2, 0.25) is 0 Å². The van der Waals surface area contributed by atoms with Gasteiger partial charge in [0.25, 0.3) is 0 Å². The highest BCUT2D eigenvalue weighted by Gasteiger charge is 2.17. The van der Waals surface area contributed by atoms with Crippen LogP contribution in [-0.2, 0) is 6.42 Å². The summed E-state index contributed by atoms with van der Waals surface area (Å²) in [5, 5.41) is 0. The summed E-state index contributed by atoms with van der Waals surface area (Å²) in [5.74, 6) is 2.00. The van der Waals surface area contributed by atoms with Crippen molar-refractivity contribution < 1.29 is 9.47 Å². The van der Waals surface area contributed by atoms with E-state index in [0.29, 0.717) is 6.54 Å². The maximum absolute atomic E-state index is 6.01. The van der Waals surface area contributed by atoms with E-state index in [0.717, 1.165) is 23.5 Å². The van der Waals surface area contributed by atoms with Crippen LogP contribution in [0, 0.1) is 6.92 Å². The van der Waals surface area contributed by atoms with Crippen LogP contribution in [0.4, 0.5) is 0 Å². The van der Waals surface area contributed by atoms with Crippen LogP contribution in [0.5, 0.6) is 11.5 Å². The fraction of sp³-hybridized carbons (Fsp3) is 0.333. The van der Waals surface area contributed by atoms with Gasteiger partial charge in [-0.05, 0) is 43.1 Å². The van der Waals surface area contributed by atoms with Gasteiger partial charge < -0.3 is 15.2 Å². The highest BCUT2D eigenvalue weighted by Crippen LogP contribution is 2.31. The Bertz CT molecular complexity index is 596. The molecule has 1 unspecified atom stereocenters. The molecular weight excluding hydrogens is 262 g/mol. The Morgan fingerprint density at radius 3 is 2.38 bits per heavy atom. The molecule has 0 radical (unpaired) electrons. The Hall–Kier alpha value is -2.00. The molecule has 0 heterocycles. The second kappa shape index (κ2) is 7.14. The molecule has 0 amide bonds. The molecular formula is C18H23NO2. The van der Waals surface area contributed by atoms with E-state index in [-0.39, 0.29) is 5.92 Å². The van der Waals surface area contributed by atoms with E-state index in [4.69, 9.17) is 15.2 Å². The van der Waals surface area contributed by atoms with Crippen molar-refractivity contribution in [3.05, 3.63) is 59.2 Å². The van der Waals surface area contributed by atoms with E-state index in [9.17, 15) is 0 Å². The maximum Gasteiger partial charge on any atom is 0.122 e. The number of ether oxygens (including phenoxy) is 2. The zero-order valence-corrected chi connectivity index (χ0v) is 12.9. The van der Waals surface area contributed by atoms with Gasteiger partial charge in [-0.2, -0.15) is 0 Å². The normalized spacial score (nSPS) is 12.0. The SMILES string of the molecule is COc1ccc(C)cc1CC(CN)c1ccccc1OC. The Balaban J connectivity index is 2.33. The van der Waals surface area contributed by atoms with Crippen molar-refractivity contribution in [2.24, 2.45) is 5.73 Å². The van der Waals surface area contributed by atoms with Gasteiger partial charge in [-0.3, -0.25) is 0 Å². The van der Waals surface area contributed by atoms with Crippen molar-refractivity contribution in [3.63, 3.8) is 0 Å². The number of rotatable bonds is 6. The molecule has 0 saturated heterocycles. The minimum absolute atomic E-state index is 0.205. The van der Waals surface area contributed by atoms with Gasteiger partial charge >= 0.3 is 0 Å². The zero-order chi connectivity index (χ0) is 15.2. The number of benzene rings is 2. The molecule has 2 aromatic carbocycles. The van der Waals surface area contributed by atoms with Gasteiger partial charge in [0.1, 0.15) is 11.5 Å². The Morgan fingerprint density at radius 1 is 1.00 bits per heavy atom. The summed E-state index contributed by atoms with van der Waals surface area (Å²) in [6.07, 6.45) is 0.835. The number of hydrogen-bond acceptors (Lipinski definition) is 3. The second-order valence-electron chi connectivity index (χ2n) is 5.19. The predicted octanol–water partition coefficient (Wildman–Crippen LogP) is 3.30. The third kappa shape index (κ3) is 3.56. The summed E-state index contributed by atoms with van der Waals surface area (Å²) >= 11 is 0. The van der Waals surface area contributed by atoms with Crippen LogP contribution in [0.2, 0.25) is 0 Å². The quantitative estimate of drug-likeness (QED) is 0.885. The van der Waals surface area contributed by atoms with Crippen LogP contribution in [0.3, 0.4) is 0 Å². The van der Waals surface area contributed by atoms with Crippen LogP contribution >= 0.6 is 0 Å². The van der Waals surface area contributed by atoms with Gasteiger partial charge in [-0.25, -0.2) is 0 Å². The number of nitrogens with two attached hydrogens (primary N) is 1. The van der Waals surface area contributed by atoms with E-state index >= 15 is 0 Å². The minimum Gasteiger partial charge on any atom is -0.496 e. The molecule has 2 N–H and O–H groups in total. The lowest BCUT2D eigenvalue weighted by Gasteiger charge is -2.20. The van der Waals surface area contributed by atoms with Crippen molar-refractivity contribution >= 4 is 0 Å². The van der Waals surface area contributed by atoms with Crippen molar-refractivity contribution in [2.45, 2.75) is 19.3 Å². The Morgan fingerprint density at radius 2 is 1.71 bits per heavy atom. The molecule has 1 atom stereocenters. The van der Waals surface area contributed by atoms with Crippen LogP contribution in [-0.4, -0.2) is 20.8 Å². The van der Waals surface area contributed by atoms with Gasteiger partial charge in [0, 0.05) is 5.92 Å². The second-order valence-corrected chi connectivity index (χ2v) is 5.19.